The molecule has 50 heavy (non-hydrogen) atoms. The summed E-state index contributed by atoms with van der Waals surface area (Å²) in [5.74, 6) is -3.21. The molecule has 0 radical (unpaired) electrons. The van der Waals surface area contributed by atoms with Crippen LogP contribution in [0.5, 0.6) is 0 Å². The molecule has 0 unspecified atom stereocenters. The SMILES string of the molecule is C=N/C=C\N=C(/C)C(=O)N[C@H](C(=O)N[C@H](C(=O)N1C[C@@H]2CCC[C@@H]2[C@H]1C(=O)N[C@@H](CCC)C(=O)C(=O)NC1CC1)C(C)(C)C)C1CCCCC1. The van der Waals surface area contributed by atoms with Crippen LogP contribution in [-0.4, -0.2) is 89.4 Å². The lowest BCUT2D eigenvalue weighted by molar-refractivity contribution is -0.146. The van der Waals surface area contributed by atoms with Crippen LogP contribution >= 0.6 is 0 Å². The summed E-state index contributed by atoms with van der Waals surface area (Å²) in [5.41, 5.74) is -0.585. The zero-order chi connectivity index (χ0) is 36.6. The second-order valence-corrected chi connectivity index (χ2v) is 15.6. The largest absolute Gasteiger partial charge is 0.347 e. The number of amides is 5. The molecule has 13 heteroatoms. The van der Waals surface area contributed by atoms with Gasteiger partial charge in [0.2, 0.25) is 23.5 Å². The monoisotopic (exact) mass is 695 g/mol. The van der Waals surface area contributed by atoms with Crippen LogP contribution in [0.3, 0.4) is 0 Å². The lowest BCUT2D eigenvalue weighted by Gasteiger charge is -2.38. The standard InChI is InChI=1S/C37H57N7O6/c1-7-12-27(30(45)35(49)40-25-17-18-25)41-34(48)29-26-16-11-15-24(26)21-44(29)36(50)31(37(3,4)5)43-33(47)28(23-13-9-8-10-14-23)42-32(46)22(2)39-20-19-38-6/h19-20,23-29,31H,6-18,21H2,1-5H3,(H,40,49)(H,41,48)(H,42,46)(H,43,47)/b20-19-,39-22+/t24-,26-,27-,28-,29-,31+/m0/s1. The maximum Gasteiger partial charge on any atom is 0.289 e. The minimum absolute atomic E-state index is 0.0105. The highest BCUT2D eigenvalue weighted by Crippen LogP contribution is 2.43. The van der Waals surface area contributed by atoms with Crippen LogP contribution in [0.2, 0.25) is 0 Å². The van der Waals surface area contributed by atoms with Crippen molar-refractivity contribution in [3.05, 3.63) is 12.4 Å². The van der Waals surface area contributed by atoms with Gasteiger partial charge in [-0.15, -0.1) is 0 Å². The van der Waals surface area contributed by atoms with E-state index < -0.39 is 59.0 Å². The summed E-state index contributed by atoms with van der Waals surface area (Å²) in [7, 11) is 0. The number of nitrogens with zero attached hydrogens (tertiary/aromatic N) is 3. The Balaban J connectivity index is 1.56. The molecule has 1 aliphatic heterocycles. The topological polar surface area (TPSA) is 178 Å². The molecule has 4 fully saturated rings. The molecule has 13 nitrogen and oxygen atoms in total. The Morgan fingerprint density at radius 2 is 1.58 bits per heavy atom. The van der Waals surface area contributed by atoms with Gasteiger partial charge in [0.05, 0.1) is 6.04 Å². The van der Waals surface area contributed by atoms with E-state index in [0.717, 1.165) is 64.2 Å². The molecule has 0 aromatic heterocycles. The van der Waals surface area contributed by atoms with Gasteiger partial charge < -0.3 is 26.2 Å². The number of hydrogen-bond donors (Lipinski definition) is 4. The molecule has 5 amide bonds. The molecule has 1 heterocycles. The van der Waals surface area contributed by atoms with Crippen LogP contribution in [0.25, 0.3) is 0 Å². The van der Waals surface area contributed by atoms with Gasteiger partial charge in [-0.05, 0) is 81.8 Å². The molecule has 1 saturated heterocycles. The zero-order valence-corrected chi connectivity index (χ0v) is 30.5. The first-order chi connectivity index (χ1) is 23.8. The lowest BCUT2D eigenvalue weighted by Crippen LogP contribution is -2.62. The Hall–Kier alpha value is -3.90. The average Bonchev–Trinajstić information content (AvgIpc) is 3.65. The molecular formula is C37H57N7O6. The van der Waals surface area contributed by atoms with E-state index in [1.807, 2.05) is 27.7 Å². The van der Waals surface area contributed by atoms with Crippen molar-refractivity contribution in [1.82, 2.24) is 26.2 Å². The molecule has 3 saturated carbocycles. The van der Waals surface area contributed by atoms with Crippen molar-refractivity contribution < 1.29 is 28.8 Å². The van der Waals surface area contributed by atoms with Crippen LogP contribution < -0.4 is 21.3 Å². The predicted molar refractivity (Wildman–Crippen MR) is 191 cm³/mol. The first-order valence-electron chi connectivity index (χ1n) is 18.5. The fraction of sp³-hybridized carbons (Fsp3) is 0.730. The fourth-order valence-electron chi connectivity index (χ4n) is 7.73. The summed E-state index contributed by atoms with van der Waals surface area (Å²) < 4.78 is 0. The van der Waals surface area contributed by atoms with Crippen LogP contribution in [0.4, 0.5) is 0 Å². The quantitative estimate of drug-likeness (QED) is 0.151. The molecule has 4 aliphatic rings. The minimum Gasteiger partial charge on any atom is -0.347 e. The average molecular weight is 696 g/mol. The highest BCUT2D eigenvalue weighted by atomic mass is 16.2. The number of ketones is 1. The Morgan fingerprint density at radius 1 is 0.880 bits per heavy atom. The van der Waals surface area contributed by atoms with Gasteiger partial charge in [-0.25, -0.2) is 0 Å². The second-order valence-electron chi connectivity index (χ2n) is 15.6. The number of nitrogens with one attached hydrogen (secondary N) is 4. The van der Waals surface area contributed by atoms with Crippen molar-refractivity contribution in [2.75, 3.05) is 6.54 Å². The zero-order valence-electron chi connectivity index (χ0n) is 30.5. The summed E-state index contributed by atoms with van der Waals surface area (Å²) in [4.78, 5) is 91.0. The van der Waals surface area contributed by atoms with E-state index in [1.165, 1.54) is 12.4 Å². The summed E-state index contributed by atoms with van der Waals surface area (Å²) in [6, 6.07) is -3.69. The molecule has 6 atom stereocenters. The number of rotatable bonds is 15. The maximum absolute atomic E-state index is 14.6. The summed E-state index contributed by atoms with van der Waals surface area (Å²) in [6.07, 6.45) is 12.3. The van der Waals surface area contributed by atoms with Crippen molar-refractivity contribution in [1.29, 1.82) is 0 Å². The van der Waals surface area contributed by atoms with E-state index >= 15 is 0 Å². The van der Waals surface area contributed by atoms with Crippen LogP contribution in [-0.2, 0) is 28.8 Å². The highest BCUT2D eigenvalue weighted by Gasteiger charge is 2.52. The van der Waals surface area contributed by atoms with Crippen molar-refractivity contribution in [3.8, 4) is 0 Å². The van der Waals surface area contributed by atoms with Gasteiger partial charge in [-0.3, -0.25) is 38.8 Å². The van der Waals surface area contributed by atoms with Gasteiger partial charge in [0.15, 0.2) is 0 Å². The summed E-state index contributed by atoms with van der Waals surface area (Å²) in [5, 5.41) is 11.5. The third kappa shape index (κ3) is 9.87. The fourth-order valence-corrected chi connectivity index (χ4v) is 7.73. The molecule has 0 spiro atoms. The molecular weight excluding hydrogens is 638 g/mol. The van der Waals surface area contributed by atoms with E-state index in [0.29, 0.717) is 19.4 Å². The van der Waals surface area contributed by atoms with Crippen LogP contribution in [0, 0.1) is 23.2 Å². The minimum atomic E-state index is -0.999. The van der Waals surface area contributed by atoms with Crippen LogP contribution in [0.1, 0.15) is 112 Å². The number of carbonyl (C=O) groups excluding carboxylic acids is 6. The Bertz CT molecular complexity index is 1360. The Kier molecular flexibility index (Phi) is 13.5. The van der Waals surface area contributed by atoms with Crippen molar-refractivity contribution in [2.24, 2.45) is 33.2 Å². The number of hydrogen-bond acceptors (Lipinski definition) is 8. The third-order valence-corrected chi connectivity index (χ3v) is 10.6. The lowest BCUT2D eigenvalue weighted by atomic mass is 9.82. The van der Waals surface area contributed by atoms with Gasteiger partial charge >= 0.3 is 0 Å². The Labute approximate surface area is 296 Å². The van der Waals surface area contributed by atoms with Crippen molar-refractivity contribution in [2.45, 2.75) is 142 Å². The van der Waals surface area contributed by atoms with Crippen LogP contribution in [0.15, 0.2) is 22.4 Å². The smallest absolute Gasteiger partial charge is 0.289 e. The normalized spacial score (nSPS) is 24.5. The van der Waals surface area contributed by atoms with Gasteiger partial charge in [-0.2, -0.15) is 0 Å². The first kappa shape index (κ1) is 38.9. The van der Waals surface area contributed by atoms with E-state index in [9.17, 15) is 28.8 Å². The molecule has 0 bridgehead atoms. The molecule has 0 aromatic rings. The first-order valence-corrected chi connectivity index (χ1v) is 18.5. The number of likely N-dealkylation sites (tertiary alicyclic amines) is 1. The molecule has 0 aromatic carbocycles. The van der Waals surface area contributed by atoms with E-state index in [4.69, 9.17) is 0 Å². The number of aliphatic imine (C=N–C) groups is 2. The van der Waals surface area contributed by atoms with E-state index in [2.05, 4.69) is 38.0 Å². The van der Waals surface area contributed by atoms with Gasteiger partial charge in [0.1, 0.15) is 23.8 Å². The Morgan fingerprint density at radius 3 is 2.20 bits per heavy atom. The molecule has 4 N–H and O–H groups in total. The van der Waals surface area contributed by atoms with Crippen molar-refractivity contribution in [3.63, 3.8) is 0 Å². The summed E-state index contributed by atoms with van der Waals surface area (Å²) >= 11 is 0. The second kappa shape index (κ2) is 17.4. The third-order valence-electron chi connectivity index (χ3n) is 10.6. The molecule has 3 aliphatic carbocycles. The summed E-state index contributed by atoms with van der Waals surface area (Å²) in [6.45, 7) is 12.7. The number of fused-ring (bicyclic) bond motifs is 1. The van der Waals surface area contributed by atoms with Gasteiger partial charge in [0.25, 0.3) is 11.8 Å². The highest BCUT2D eigenvalue weighted by molar-refractivity contribution is 6.39. The van der Waals surface area contributed by atoms with Gasteiger partial charge in [-0.1, -0.05) is 59.8 Å². The van der Waals surface area contributed by atoms with E-state index in [-0.39, 0.29) is 35.4 Å². The molecule has 4 rings (SSSR count). The molecule has 276 valence electrons. The predicted octanol–water partition coefficient (Wildman–Crippen LogP) is 2.97. The number of Topliss-reactive ketones (excluding diaryl/α,β-unsaturated/α-hetero) is 1. The van der Waals surface area contributed by atoms with E-state index in [1.54, 1.807) is 11.8 Å². The van der Waals surface area contributed by atoms with Gasteiger partial charge in [0, 0.05) is 25.0 Å². The van der Waals surface area contributed by atoms with Crippen molar-refractivity contribution >= 4 is 47.7 Å². The maximum atomic E-state index is 14.6. The number of carbonyl (C=O) groups is 6.